The van der Waals surface area contributed by atoms with Crippen LogP contribution in [-0.4, -0.2) is 22.1 Å². The van der Waals surface area contributed by atoms with Gasteiger partial charge in [-0.2, -0.15) is 10.2 Å². The number of halogens is 1. The molecule has 0 atom stereocenters. The molecule has 0 bridgehead atoms. The lowest BCUT2D eigenvalue weighted by Gasteiger charge is -2.20. The molecule has 0 aliphatic heterocycles. The lowest BCUT2D eigenvalue weighted by atomic mass is 10.2. The maximum Gasteiger partial charge on any atom is 0.303 e. The standard InChI is InChI=1S/C20H18BrN5O2S/c1-3-17-18(19(27)25-29-2)24-20(28-17)26(12-15-7-6-14(21)11-23-15)16-8-4-13(10-22)5-9-16/h4-9,11H,3,12H2,1-2H3,(H,25,27). The molecule has 0 unspecified atom stereocenters. The third-order valence-electron chi connectivity index (χ3n) is 4.06. The molecule has 0 saturated carbocycles. The van der Waals surface area contributed by atoms with Crippen molar-refractivity contribution in [1.29, 1.82) is 5.26 Å². The number of nitrogens with one attached hydrogen (secondary N) is 1. The first-order valence-corrected chi connectivity index (χ1v) is 10.8. The predicted octanol–water partition coefficient (Wildman–Crippen LogP) is 4.61. The number of amides is 1. The fourth-order valence-electron chi connectivity index (χ4n) is 2.66. The Labute approximate surface area is 181 Å². The van der Waals surface area contributed by atoms with Gasteiger partial charge in [-0.05, 0) is 52.3 Å². The molecule has 9 heteroatoms. The molecule has 1 amide bonds. The summed E-state index contributed by atoms with van der Waals surface area (Å²) in [6.45, 7) is 2.29. The third kappa shape index (κ3) is 4.96. The number of carbonyl (C=O) groups is 1. The SMILES string of the molecule is CCc1oc(N(Cc2ccc(Br)cn2)c2ccc(C#N)cc2)nc1C(=O)NSC. The Morgan fingerprint density at radius 1 is 1.31 bits per heavy atom. The number of hydrogen-bond acceptors (Lipinski definition) is 7. The molecular formula is C20H18BrN5O2S. The van der Waals surface area contributed by atoms with Gasteiger partial charge < -0.3 is 4.42 Å². The van der Waals surface area contributed by atoms with Gasteiger partial charge in [-0.25, -0.2) is 0 Å². The second kappa shape index (κ2) is 9.58. The highest BCUT2D eigenvalue weighted by molar-refractivity contribution is 9.10. The van der Waals surface area contributed by atoms with Crippen molar-refractivity contribution in [3.63, 3.8) is 0 Å². The first-order chi connectivity index (χ1) is 14.0. The fraction of sp³-hybridized carbons (Fsp3) is 0.200. The Morgan fingerprint density at radius 2 is 2.07 bits per heavy atom. The van der Waals surface area contributed by atoms with Gasteiger partial charge >= 0.3 is 6.01 Å². The molecule has 2 aromatic heterocycles. The van der Waals surface area contributed by atoms with E-state index in [1.165, 1.54) is 11.9 Å². The van der Waals surface area contributed by atoms with Crippen LogP contribution >= 0.6 is 27.9 Å². The molecule has 0 saturated heterocycles. The largest absolute Gasteiger partial charge is 0.428 e. The predicted molar refractivity (Wildman–Crippen MR) is 116 cm³/mol. The topological polar surface area (TPSA) is 95.1 Å². The molecule has 0 aliphatic rings. The van der Waals surface area contributed by atoms with Crippen LogP contribution in [0.2, 0.25) is 0 Å². The number of aromatic nitrogens is 2. The summed E-state index contributed by atoms with van der Waals surface area (Å²) >= 11 is 4.59. The van der Waals surface area contributed by atoms with E-state index in [1.54, 1.807) is 24.6 Å². The van der Waals surface area contributed by atoms with E-state index in [0.717, 1.165) is 15.9 Å². The maximum atomic E-state index is 12.3. The minimum Gasteiger partial charge on any atom is -0.428 e. The number of benzene rings is 1. The van der Waals surface area contributed by atoms with Crippen LogP contribution in [0.1, 0.15) is 34.4 Å². The zero-order valence-corrected chi connectivity index (χ0v) is 18.2. The Kier molecular flexibility index (Phi) is 6.90. The number of nitrogens with zero attached hydrogens (tertiary/aromatic N) is 4. The van der Waals surface area contributed by atoms with E-state index in [-0.39, 0.29) is 11.6 Å². The van der Waals surface area contributed by atoms with Crippen molar-refractivity contribution in [1.82, 2.24) is 14.7 Å². The summed E-state index contributed by atoms with van der Waals surface area (Å²) in [4.78, 5) is 23.1. The van der Waals surface area contributed by atoms with Crippen LogP contribution in [0.15, 0.2) is 51.5 Å². The molecule has 0 spiro atoms. The molecule has 7 nitrogen and oxygen atoms in total. The number of hydrogen-bond donors (Lipinski definition) is 1. The Bertz CT molecular complexity index is 1030. The second-order valence-corrected chi connectivity index (χ2v) is 7.50. The zero-order chi connectivity index (χ0) is 20.8. The molecular weight excluding hydrogens is 454 g/mol. The monoisotopic (exact) mass is 471 g/mol. The van der Waals surface area contributed by atoms with E-state index >= 15 is 0 Å². The summed E-state index contributed by atoms with van der Waals surface area (Å²) in [5.41, 5.74) is 2.38. The van der Waals surface area contributed by atoms with Crippen molar-refractivity contribution >= 4 is 45.5 Å². The first-order valence-electron chi connectivity index (χ1n) is 8.76. The lowest BCUT2D eigenvalue weighted by molar-refractivity contribution is 0.0978. The van der Waals surface area contributed by atoms with Crippen molar-refractivity contribution in [2.75, 3.05) is 11.2 Å². The summed E-state index contributed by atoms with van der Waals surface area (Å²) in [7, 11) is 0. The number of anilines is 2. The highest BCUT2D eigenvalue weighted by Gasteiger charge is 2.23. The van der Waals surface area contributed by atoms with Gasteiger partial charge in [0, 0.05) is 29.0 Å². The van der Waals surface area contributed by atoms with Crippen LogP contribution in [0, 0.1) is 11.3 Å². The van der Waals surface area contributed by atoms with Gasteiger partial charge in [0.1, 0.15) is 5.76 Å². The summed E-state index contributed by atoms with van der Waals surface area (Å²) in [5, 5.41) is 9.07. The van der Waals surface area contributed by atoms with Gasteiger partial charge in [0.15, 0.2) is 5.69 Å². The van der Waals surface area contributed by atoms with Gasteiger partial charge in [-0.15, -0.1) is 0 Å². The molecule has 3 rings (SSSR count). The van der Waals surface area contributed by atoms with E-state index in [9.17, 15) is 4.79 Å². The highest BCUT2D eigenvalue weighted by atomic mass is 79.9. The van der Waals surface area contributed by atoms with E-state index in [4.69, 9.17) is 9.68 Å². The van der Waals surface area contributed by atoms with Crippen molar-refractivity contribution < 1.29 is 9.21 Å². The van der Waals surface area contributed by atoms with Crippen molar-refractivity contribution in [2.24, 2.45) is 0 Å². The van der Waals surface area contributed by atoms with Gasteiger partial charge in [0.05, 0.1) is 23.9 Å². The van der Waals surface area contributed by atoms with Crippen LogP contribution in [0.5, 0.6) is 0 Å². The van der Waals surface area contributed by atoms with Crippen molar-refractivity contribution in [3.05, 3.63) is 69.8 Å². The van der Waals surface area contributed by atoms with E-state index < -0.39 is 0 Å². The minimum atomic E-state index is -0.300. The van der Waals surface area contributed by atoms with E-state index in [1.807, 2.05) is 36.1 Å². The van der Waals surface area contributed by atoms with Crippen LogP contribution in [-0.2, 0) is 13.0 Å². The molecule has 3 aromatic rings. The average Bonchev–Trinajstić information content (AvgIpc) is 3.18. The first kappa shape index (κ1) is 20.9. The second-order valence-electron chi connectivity index (χ2n) is 5.97. The maximum absolute atomic E-state index is 12.3. The third-order valence-corrected chi connectivity index (χ3v) is 4.92. The summed E-state index contributed by atoms with van der Waals surface area (Å²) in [6, 6.07) is 13.3. The molecule has 0 aliphatic carbocycles. The number of carbonyl (C=O) groups excluding carboxylic acids is 1. The summed E-state index contributed by atoms with van der Waals surface area (Å²) in [5.74, 6) is 0.208. The Morgan fingerprint density at radius 3 is 2.66 bits per heavy atom. The molecule has 0 radical (unpaired) electrons. The van der Waals surface area contributed by atoms with Gasteiger partial charge in [0.2, 0.25) is 0 Å². The molecule has 1 N–H and O–H groups in total. The molecule has 2 heterocycles. The van der Waals surface area contributed by atoms with Crippen LogP contribution in [0.25, 0.3) is 0 Å². The van der Waals surface area contributed by atoms with E-state index in [0.29, 0.717) is 30.3 Å². The fourth-order valence-corrected chi connectivity index (χ4v) is 3.18. The minimum absolute atomic E-state index is 0.263. The van der Waals surface area contributed by atoms with Crippen molar-refractivity contribution in [3.8, 4) is 6.07 Å². The quantitative estimate of drug-likeness (QED) is 0.502. The number of nitriles is 1. The van der Waals surface area contributed by atoms with Gasteiger partial charge in [-0.1, -0.05) is 18.9 Å². The summed E-state index contributed by atoms with van der Waals surface area (Å²) < 4.78 is 9.51. The molecule has 0 fully saturated rings. The molecule has 1 aromatic carbocycles. The molecule has 148 valence electrons. The lowest BCUT2D eigenvalue weighted by Crippen LogP contribution is -2.19. The summed E-state index contributed by atoms with van der Waals surface area (Å²) in [6.07, 6.45) is 4.02. The normalized spacial score (nSPS) is 10.4. The average molecular weight is 472 g/mol. The molecule has 29 heavy (non-hydrogen) atoms. The Balaban J connectivity index is 2.03. The van der Waals surface area contributed by atoms with Crippen LogP contribution < -0.4 is 9.62 Å². The van der Waals surface area contributed by atoms with Gasteiger partial charge in [-0.3, -0.25) is 19.4 Å². The number of oxazole rings is 1. The van der Waals surface area contributed by atoms with Crippen molar-refractivity contribution in [2.45, 2.75) is 19.9 Å². The smallest absolute Gasteiger partial charge is 0.303 e. The highest BCUT2D eigenvalue weighted by Crippen LogP contribution is 2.29. The van der Waals surface area contributed by atoms with Gasteiger partial charge in [0.25, 0.3) is 5.91 Å². The van der Waals surface area contributed by atoms with Crippen LogP contribution in [0.3, 0.4) is 0 Å². The zero-order valence-electron chi connectivity index (χ0n) is 15.8. The van der Waals surface area contributed by atoms with E-state index in [2.05, 4.69) is 36.7 Å². The Hall–Kier alpha value is -2.83. The number of rotatable bonds is 7. The number of pyridine rings is 1. The van der Waals surface area contributed by atoms with Crippen LogP contribution in [0.4, 0.5) is 11.7 Å². The number of aryl methyl sites for hydroxylation is 1.